The zero-order chi connectivity index (χ0) is 14.7. The van der Waals surface area contributed by atoms with E-state index in [-0.39, 0.29) is 5.78 Å². The fourth-order valence-corrected chi connectivity index (χ4v) is 1.81. The van der Waals surface area contributed by atoms with Crippen LogP contribution in [0.15, 0.2) is 52.2 Å². The third-order valence-electron chi connectivity index (χ3n) is 2.95. The standard InChI is InChI=1S/C15H14N2O3/c1-16-10-12(14(19)17(2)15(16)20)8-9-13(18)11-6-4-3-5-7-11/h3-10H,1-2H3. The second kappa shape index (κ2) is 5.52. The van der Waals surface area contributed by atoms with Crippen molar-refractivity contribution in [2.75, 3.05) is 0 Å². The fraction of sp³-hybridized carbons (Fsp3) is 0.133. The van der Waals surface area contributed by atoms with Crippen molar-refractivity contribution in [1.82, 2.24) is 9.13 Å². The highest BCUT2D eigenvalue weighted by molar-refractivity contribution is 6.06. The van der Waals surface area contributed by atoms with E-state index in [1.165, 1.54) is 30.0 Å². The molecule has 5 nitrogen and oxygen atoms in total. The highest BCUT2D eigenvalue weighted by atomic mass is 16.2. The molecule has 0 fully saturated rings. The molecule has 0 aliphatic heterocycles. The number of carbonyl (C=O) groups excluding carboxylic acids is 1. The molecule has 0 bridgehead atoms. The Kier molecular flexibility index (Phi) is 3.79. The minimum absolute atomic E-state index is 0.193. The summed E-state index contributed by atoms with van der Waals surface area (Å²) >= 11 is 0. The van der Waals surface area contributed by atoms with E-state index < -0.39 is 11.2 Å². The lowest BCUT2D eigenvalue weighted by Gasteiger charge is -2.03. The average Bonchev–Trinajstić information content (AvgIpc) is 2.48. The summed E-state index contributed by atoms with van der Waals surface area (Å²) in [7, 11) is 2.96. The van der Waals surface area contributed by atoms with Gasteiger partial charge in [-0.2, -0.15) is 0 Å². The van der Waals surface area contributed by atoms with Crippen molar-refractivity contribution < 1.29 is 4.79 Å². The number of hydrogen-bond acceptors (Lipinski definition) is 3. The van der Waals surface area contributed by atoms with Crippen molar-refractivity contribution >= 4 is 11.9 Å². The number of hydrogen-bond donors (Lipinski definition) is 0. The third kappa shape index (κ3) is 2.66. The van der Waals surface area contributed by atoms with Gasteiger partial charge in [-0.25, -0.2) is 4.79 Å². The lowest BCUT2D eigenvalue weighted by atomic mass is 10.1. The molecular formula is C15H14N2O3. The Bertz CT molecular complexity index is 783. The Labute approximate surface area is 115 Å². The van der Waals surface area contributed by atoms with Crippen molar-refractivity contribution in [2.24, 2.45) is 14.1 Å². The summed E-state index contributed by atoms with van der Waals surface area (Å²) in [5.74, 6) is -0.193. The zero-order valence-corrected chi connectivity index (χ0v) is 11.2. The maximum Gasteiger partial charge on any atom is 0.330 e. The molecule has 0 N–H and O–H groups in total. The van der Waals surface area contributed by atoms with Crippen molar-refractivity contribution in [3.63, 3.8) is 0 Å². The van der Waals surface area contributed by atoms with Crippen molar-refractivity contribution in [2.45, 2.75) is 0 Å². The molecule has 0 aliphatic rings. The topological polar surface area (TPSA) is 61.1 Å². The largest absolute Gasteiger partial charge is 0.330 e. The van der Waals surface area contributed by atoms with Gasteiger partial charge >= 0.3 is 5.69 Å². The molecule has 20 heavy (non-hydrogen) atoms. The molecule has 1 aromatic carbocycles. The first-order valence-electron chi connectivity index (χ1n) is 6.05. The van der Waals surface area contributed by atoms with Crippen LogP contribution in [0.1, 0.15) is 15.9 Å². The van der Waals surface area contributed by atoms with Gasteiger partial charge in [-0.3, -0.25) is 14.2 Å². The van der Waals surface area contributed by atoms with Gasteiger partial charge in [0, 0.05) is 25.9 Å². The molecular weight excluding hydrogens is 256 g/mol. The number of rotatable bonds is 3. The second-order valence-corrected chi connectivity index (χ2v) is 4.41. The van der Waals surface area contributed by atoms with E-state index in [0.29, 0.717) is 11.1 Å². The molecule has 102 valence electrons. The number of aromatic nitrogens is 2. The molecule has 0 saturated heterocycles. The van der Waals surface area contributed by atoms with E-state index in [0.717, 1.165) is 4.57 Å². The van der Waals surface area contributed by atoms with E-state index in [4.69, 9.17) is 0 Å². The first-order valence-corrected chi connectivity index (χ1v) is 6.05. The van der Waals surface area contributed by atoms with Crippen LogP contribution in [-0.4, -0.2) is 14.9 Å². The summed E-state index contributed by atoms with van der Waals surface area (Å²) in [6.07, 6.45) is 4.17. The van der Waals surface area contributed by atoms with Gasteiger partial charge in [-0.15, -0.1) is 0 Å². The molecule has 0 atom stereocenters. The highest BCUT2D eigenvalue weighted by Crippen LogP contribution is 2.02. The Morgan fingerprint density at radius 1 is 1.10 bits per heavy atom. The first-order chi connectivity index (χ1) is 9.50. The minimum atomic E-state index is -0.426. The number of benzene rings is 1. The average molecular weight is 270 g/mol. The summed E-state index contributed by atoms with van der Waals surface area (Å²) in [6, 6.07) is 8.76. The van der Waals surface area contributed by atoms with E-state index >= 15 is 0 Å². The predicted octanol–water partition coefficient (Wildman–Crippen LogP) is 0.980. The maximum absolute atomic E-state index is 11.9. The van der Waals surface area contributed by atoms with Crippen LogP contribution >= 0.6 is 0 Å². The Hall–Kier alpha value is -2.69. The quantitative estimate of drug-likeness (QED) is 0.617. The van der Waals surface area contributed by atoms with E-state index in [1.807, 2.05) is 6.07 Å². The van der Waals surface area contributed by atoms with Crippen LogP contribution in [-0.2, 0) is 14.1 Å². The van der Waals surface area contributed by atoms with Crippen LogP contribution in [0.25, 0.3) is 6.08 Å². The van der Waals surface area contributed by atoms with Crippen molar-refractivity contribution in [1.29, 1.82) is 0 Å². The number of allylic oxidation sites excluding steroid dienone is 1. The predicted molar refractivity (Wildman–Crippen MR) is 76.7 cm³/mol. The van der Waals surface area contributed by atoms with Crippen molar-refractivity contribution in [3.8, 4) is 0 Å². The van der Waals surface area contributed by atoms with Crippen LogP contribution in [0.5, 0.6) is 0 Å². The molecule has 1 aromatic heterocycles. The van der Waals surface area contributed by atoms with E-state index in [1.54, 1.807) is 31.3 Å². The Morgan fingerprint density at radius 3 is 2.40 bits per heavy atom. The molecule has 0 spiro atoms. The van der Waals surface area contributed by atoms with Crippen LogP contribution in [0, 0.1) is 0 Å². The maximum atomic E-state index is 11.9. The third-order valence-corrected chi connectivity index (χ3v) is 2.95. The monoisotopic (exact) mass is 270 g/mol. The summed E-state index contributed by atoms with van der Waals surface area (Å²) in [5, 5.41) is 0. The van der Waals surface area contributed by atoms with E-state index in [2.05, 4.69) is 0 Å². The number of carbonyl (C=O) groups is 1. The molecule has 2 rings (SSSR count). The lowest BCUT2D eigenvalue weighted by molar-refractivity contribution is 0.104. The van der Waals surface area contributed by atoms with Gasteiger partial charge in [0.1, 0.15) is 0 Å². The molecule has 0 amide bonds. The molecule has 0 radical (unpaired) electrons. The molecule has 2 aromatic rings. The highest BCUT2D eigenvalue weighted by Gasteiger charge is 2.05. The van der Waals surface area contributed by atoms with Crippen LogP contribution in [0.3, 0.4) is 0 Å². The number of aryl methyl sites for hydroxylation is 1. The molecule has 0 aliphatic carbocycles. The lowest BCUT2D eigenvalue weighted by Crippen LogP contribution is -2.37. The number of nitrogens with zero attached hydrogens (tertiary/aromatic N) is 2. The Morgan fingerprint density at radius 2 is 1.75 bits per heavy atom. The van der Waals surface area contributed by atoms with Crippen LogP contribution in [0.2, 0.25) is 0 Å². The zero-order valence-electron chi connectivity index (χ0n) is 11.2. The SMILES string of the molecule is Cn1cc(C=CC(=O)c2ccccc2)c(=O)n(C)c1=O. The molecule has 5 heteroatoms. The van der Waals surface area contributed by atoms with Gasteiger partial charge in [0.05, 0.1) is 5.56 Å². The van der Waals surface area contributed by atoms with Gasteiger partial charge in [0.2, 0.25) is 0 Å². The van der Waals surface area contributed by atoms with Gasteiger partial charge < -0.3 is 4.57 Å². The van der Waals surface area contributed by atoms with E-state index in [9.17, 15) is 14.4 Å². The summed E-state index contributed by atoms with van der Waals surface area (Å²) in [5.41, 5.74) is 0.0102. The summed E-state index contributed by atoms with van der Waals surface area (Å²) in [6.45, 7) is 0. The molecule has 1 heterocycles. The van der Waals surface area contributed by atoms with Gasteiger partial charge in [-0.1, -0.05) is 30.3 Å². The smallest absolute Gasteiger partial charge is 0.303 e. The minimum Gasteiger partial charge on any atom is -0.303 e. The van der Waals surface area contributed by atoms with Crippen LogP contribution in [0.4, 0.5) is 0 Å². The van der Waals surface area contributed by atoms with Gasteiger partial charge in [0.15, 0.2) is 5.78 Å². The van der Waals surface area contributed by atoms with Crippen molar-refractivity contribution in [3.05, 3.63) is 74.6 Å². The second-order valence-electron chi connectivity index (χ2n) is 4.41. The molecule has 0 saturated carbocycles. The normalized spacial score (nSPS) is 10.9. The van der Waals surface area contributed by atoms with Gasteiger partial charge in [0.25, 0.3) is 5.56 Å². The fourth-order valence-electron chi connectivity index (χ4n) is 1.81. The first kappa shape index (κ1) is 13.7. The van der Waals surface area contributed by atoms with Gasteiger partial charge in [-0.05, 0) is 12.2 Å². The molecule has 0 unspecified atom stereocenters. The number of ketones is 1. The summed E-state index contributed by atoms with van der Waals surface area (Å²) < 4.78 is 2.31. The van der Waals surface area contributed by atoms with Crippen LogP contribution < -0.4 is 11.2 Å². The summed E-state index contributed by atoms with van der Waals surface area (Å²) in [4.78, 5) is 35.3. The Balaban J connectivity index is 2.36.